The van der Waals surface area contributed by atoms with Crippen LogP contribution in [0.25, 0.3) is 0 Å². The number of hydrogen-bond donors (Lipinski definition) is 0. The van der Waals surface area contributed by atoms with Crippen molar-refractivity contribution in [2.45, 2.75) is 75.9 Å². The van der Waals surface area contributed by atoms with Gasteiger partial charge in [-0.3, -0.25) is 14.5 Å². The van der Waals surface area contributed by atoms with Gasteiger partial charge in [0, 0.05) is 50.5 Å². The minimum absolute atomic E-state index is 0.122. The van der Waals surface area contributed by atoms with Crippen LogP contribution < -0.4 is 4.90 Å². The summed E-state index contributed by atoms with van der Waals surface area (Å²) >= 11 is 0. The summed E-state index contributed by atoms with van der Waals surface area (Å²) in [6.07, 6.45) is 2.72. The average Bonchev–Trinajstić information content (AvgIpc) is 3.10. The molecule has 1 saturated carbocycles. The summed E-state index contributed by atoms with van der Waals surface area (Å²) in [5.74, 6) is 0.608. The van der Waals surface area contributed by atoms with E-state index in [0.29, 0.717) is 29.8 Å². The molecule has 1 aliphatic carbocycles. The Morgan fingerprint density at radius 2 is 1.87 bits per heavy atom. The Morgan fingerprint density at radius 3 is 2.57 bits per heavy atom. The monoisotopic (exact) mass is 410 g/mol. The number of benzene rings is 1. The van der Waals surface area contributed by atoms with Crippen LogP contribution in [0.4, 0.5) is 5.69 Å². The molecule has 5 bridgehead atoms. The van der Waals surface area contributed by atoms with Gasteiger partial charge in [0.1, 0.15) is 6.10 Å². The molecule has 0 aromatic heterocycles. The highest BCUT2D eigenvalue weighted by atomic mass is 16.6. The Morgan fingerprint density at radius 1 is 1.13 bits per heavy atom. The number of piperidine rings is 4. The van der Waals surface area contributed by atoms with E-state index in [1.807, 2.05) is 0 Å². The average molecular weight is 411 g/mol. The number of esters is 2. The molecule has 5 heterocycles. The number of likely N-dealkylation sites (N-methyl/N-ethyl adjacent to an activating group) is 1. The van der Waals surface area contributed by atoms with E-state index in [9.17, 15) is 9.59 Å². The van der Waals surface area contributed by atoms with Crippen molar-refractivity contribution >= 4 is 17.6 Å². The smallest absolute Gasteiger partial charge is 0.304 e. The highest BCUT2D eigenvalue weighted by molar-refractivity contribution is 5.70. The Labute approximate surface area is 177 Å². The van der Waals surface area contributed by atoms with E-state index in [1.54, 1.807) is 6.92 Å². The van der Waals surface area contributed by atoms with Crippen LogP contribution in [0.2, 0.25) is 0 Å². The Kier molecular flexibility index (Phi) is 3.73. The predicted octanol–water partition coefficient (Wildman–Crippen LogP) is 2.70. The summed E-state index contributed by atoms with van der Waals surface area (Å²) in [7, 11) is 2.18. The van der Waals surface area contributed by atoms with Crippen molar-refractivity contribution in [2.24, 2.45) is 17.8 Å². The molecule has 1 aromatic rings. The molecule has 5 fully saturated rings. The lowest BCUT2D eigenvalue weighted by atomic mass is 9.62. The maximum absolute atomic E-state index is 12.3. The molecule has 10 atom stereocenters. The molecule has 0 amide bonds. The van der Waals surface area contributed by atoms with Crippen molar-refractivity contribution in [1.82, 2.24) is 4.90 Å². The molecule has 30 heavy (non-hydrogen) atoms. The van der Waals surface area contributed by atoms with Crippen LogP contribution in [0.1, 0.15) is 45.6 Å². The molecule has 160 valence electrons. The number of para-hydroxylation sites is 1. The van der Waals surface area contributed by atoms with Gasteiger partial charge in [-0.2, -0.15) is 0 Å². The fraction of sp³-hybridized carbons (Fsp3) is 0.667. The maximum Gasteiger partial charge on any atom is 0.304 e. The van der Waals surface area contributed by atoms with E-state index in [1.165, 1.54) is 18.2 Å². The second-order valence-electron chi connectivity index (χ2n) is 9.98. The zero-order valence-electron chi connectivity index (χ0n) is 18.1. The number of hydrogen-bond acceptors (Lipinski definition) is 6. The zero-order valence-corrected chi connectivity index (χ0v) is 18.1. The molecule has 5 aliphatic heterocycles. The summed E-state index contributed by atoms with van der Waals surface area (Å²) in [6.45, 7) is 5.26. The van der Waals surface area contributed by atoms with Gasteiger partial charge in [0.2, 0.25) is 0 Å². The molecule has 4 saturated heterocycles. The molecular formula is C24H30N2O4. The van der Waals surface area contributed by atoms with E-state index >= 15 is 0 Å². The summed E-state index contributed by atoms with van der Waals surface area (Å²) in [6, 6.07) is 9.46. The molecule has 0 N–H and O–H groups in total. The first-order valence-electron chi connectivity index (χ1n) is 11.3. The fourth-order valence-electron chi connectivity index (χ4n) is 8.49. The largest absolute Gasteiger partial charge is 0.461 e. The Hall–Kier alpha value is -2.08. The summed E-state index contributed by atoms with van der Waals surface area (Å²) < 4.78 is 12.2. The lowest BCUT2D eigenvalue weighted by Gasteiger charge is -2.62. The molecule has 0 radical (unpaired) electrons. The Bertz CT molecular complexity index is 934. The number of carbonyl (C=O) groups excluding carboxylic acids is 2. The number of anilines is 1. The van der Waals surface area contributed by atoms with E-state index in [0.717, 1.165) is 19.3 Å². The highest BCUT2D eigenvalue weighted by Gasteiger charge is 2.78. The molecule has 6 nitrogen and oxygen atoms in total. The molecule has 7 rings (SSSR count). The number of nitrogens with zero attached hydrogens (tertiary/aromatic N) is 2. The molecule has 1 aromatic carbocycles. The van der Waals surface area contributed by atoms with E-state index in [2.05, 4.69) is 48.0 Å². The van der Waals surface area contributed by atoms with Gasteiger partial charge in [-0.05, 0) is 36.8 Å². The maximum atomic E-state index is 12.3. The van der Waals surface area contributed by atoms with Crippen LogP contribution >= 0.6 is 0 Å². The summed E-state index contributed by atoms with van der Waals surface area (Å²) in [5, 5.41) is 0. The summed E-state index contributed by atoms with van der Waals surface area (Å²) in [5.41, 5.74) is 2.41. The van der Waals surface area contributed by atoms with Crippen molar-refractivity contribution in [3.8, 4) is 0 Å². The second-order valence-corrected chi connectivity index (χ2v) is 9.98. The lowest BCUT2D eigenvalue weighted by molar-refractivity contribution is -0.228. The number of rotatable bonds is 3. The third-order valence-corrected chi connectivity index (χ3v) is 8.98. The van der Waals surface area contributed by atoms with Crippen LogP contribution in [-0.4, -0.2) is 54.3 Å². The van der Waals surface area contributed by atoms with Gasteiger partial charge in [-0.1, -0.05) is 25.1 Å². The van der Waals surface area contributed by atoms with Crippen LogP contribution in [0.15, 0.2) is 24.3 Å². The molecule has 1 spiro atoms. The van der Waals surface area contributed by atoms with Crippen molar-refractivity contribution < 1.29 is 19.1 Å². The van der Waals surface area contributed by atoms with E-state index < -0.39 is 0 Å². The molecule has 6 aliphatic rings. The minimum atomic E-state index is -0.203. The molecule has 2 unspecified atom stereocenters. The SMILES string of the molecule is CC[C@H]1[C@@H]2C[C@H]3[C@H]4N(C)c5ccccc5C45C[C@@H]([C@H]2[C@H]5OC(C)=O)N3[C@@H]1OC(C)=O. The van der Waals surface area contributed by atoms with Gasteiger partial charge in [0.15, 0.2) is 6.23 Å². The van der Waals surface area contributed by atoms with E-state index in [4.69, 9.17) is 9.47 Å². The highest BCUT2D eigenvalue weighted by Crippen LogP contribution is 2.69. The molecular weight excluding hydrogens is 380 g/mol. The van der Waals surface area contributed by atoms with Crippen molar-refractivity contribution in [1.29, 1.82) is 0 Å². The van der Waals surface area contributed by atoms with Crippen molar-refractivity contribution in [3.05, 3.63) is 29.8 Å². The first kappa shape index (κ1) is 18.7. The summed E-state index contributed by atoms with van der Waals surface area (Å²) in [4.78, 5) is 29.2. The number of ether oxygens (including phenoxy) is 2. The first-order valence-corrected chi connectivity index (χ1v) is 11.3. The van der Waals surface area contributed by atoms with Gasteiger partial charge in [0.05, 0.1) is 11.5 Å². The van der Waals surface area contributed by atoms with E-state index in [-0.39, 0.29) is 35.7 Å². The quantitative estimate of drug-likeness (QED) is 0.714. The van der Waals surface area contributed by atoms with Gasteiger partial charge >= 0.3 is 11.9 Å². The van der Waals surface area contributed by atoms with Crippen LogP contribution in [0, 0.1) is 17.8 Å². The first-order chi connectivity index (χ1) is 14.4. The van der Waals surface area contributed by atoms with Gasteiger partial charge in [-0.15, -0.1) is 0 Å². The number of carbonyl (C=O) groups is 2. The minimum Gasteiger partial charge on any atom is -0.461 e. The molecule has 6 heteroatoms. The third-order valence-electron chi connectivity index (χ3n) is 8.98. The fourth-order valence-corrected chi connectivity index (χ4v) is 8.49. The number of fused-ring (bicyclic) bond motifs is 2. The van der Waals surface area contributed by atoms with Crippen LogP contribution in [-0.2, 0) is 24.5 Å². The topological polar surface area (TPSA) is 59.1 Å². The van der Waals surface area contributed by atoms with Gasteiger partial charge in [0.25, 0.3) is 0 Å². The van der Waals surface area contributed by atoms with Gasteiger partial charge in [-0.25, -0.2) is 0 Å². The van der Waals surface area contributed by atoms with Crippen molar-refractivity contribution in [2.75, 3.05) is 11.9 Å². The van der Waals surface area contributed by atoms with Crippen LogP contribution in [0.5, 0.6) is 0 Å². The van der Waals surface area contributed by atoms with Gasteiger partial charge < -0.3 is 14.4 Å². The lowest BCUT2D eigenvalue weighted by Crippen LogP contribution is -2.73. The van der Waals surface area contributed by atoms with Crippen molar-refractivity contribution in [3.63, 3.8) is 0 Å². The standard InChI is InChI=1S/C24H30N2O4/c1-5-14-15-10-18-21-24(16-8-6-7-9-17(16)25(21)4)11-19(20(15)22(24)29-12(2)27)26(18)23(14)30-13(3)28/h6-9,14-15,18-23H,5,10-11H2,1-4H3/t14-,15-,18-,19-,20-,21+,22+,23+,24?/m0/s1. The normalized spacial score (nSPS) is 46.5. The zero-order chi connectivity index (χ0) is 20.9. The van der Waals surface area contributed by atoms with Crippen LogP contribution in [0.3, 0.4) is 0 Å². The second kappa shape index (κ2) is 6.00. The predicted molar refractivity (Wildman–Crippen MR) is 111 cm³/mol. The third kappa shape index (κ3) is 1.99. The Balaban J connectivity index is 1.56.